The molecule has 4 rings (SSSR count). The number of halogens is 1. The van der Waals surface area contributed by atoms with Crippen LogP contribution in [0.5, 0.6) is 0 Å². The molecule has 0 aliphatic rings. The van der Waals surface area contributed by atoms with Crippen LogP contribution in [-0.4, -0.2) is 0 Å². The summed E-state index contributed by atoms with van der Waals surface area (Å²) in [5.41, 5.74) is 0.976. The number of rotatable bonds is 5. The van der Waals surface area contributed by atoms with Crippen LogP contribution in [0.25, 0.3) is 0 Å². The zero-order valence-corrected chi connectivity index (χ0v) is 19.4. The third-order valence-electron chi connectivity index (χ3n) is 5.27. The van der Waals surface area contributed by atoms with Gasteiger partial charge in [-0.25, -0.2) is 4.39 Å². The van der Waals surface area contributed by atoms with Crippen LogP contribution in [0.1, 0.15) is 18.1 Å². The fraction of sp³-hybridized carbons (Fsp3) is 0.0714. The Labute approximate surface area is 194 Å². The van der Waals surface area contributed by atoms with Crippen LogP contribution in [0.3, 0.4) is 0 Å². The van der Waals surface area contributed by atoms with E-state index in [1.165, 1.54) is 12.1 Å². The molecule has 4 aromatic carbocycles. The first kappa shape index (κ1) is 22.2. The molecule has 0 radical (unpaired) electrons. The minimum absolute atomic E-state index is 0.280. The molecule has 0 unspecified atom stereocenters. The van der Waals surface area contributed by atoms with Gasteiger partial charge in [-0.3, -0.25) is 5.09 Å². The second-order valence-corrected chi connectivity index (χ2v) is 11.8. The number of benzene rings is 4. The quantitative estimate of drug-likeness (QED) is 0.305. The Hall–Kier alpha value is -3.02. The van der Waals surface area contributed by atoms with Gasteiger partial charge in [0.25, 0.3) is 0 Å². The van der Waals surface area contributed by atoms with Gasteiger partial charge in [-0.2, -0.15) is 0 Å². The van der Waals surface area contributed by atoms with E-state index in [-0.39, 0.29) is 5.82 Å². The van der Waals surface area contributed by atoms with Gasteiger partial charge in [0.2, 0.25) is 0 Å². The van der Waals surface area contributed by atoms with E-state index in [0.29, 0.717) is 0 Å². The van der Waals surface area contributed by atoms with E-state index in [9.17, 15) is 4.39 Å². The molecule has 0 aliphatic carbocycles. The fourth-order valence-electron chi connectivity index (χ4n) is 3.54. The van der Waals surface area contributed by atoms with Gasteiger partial charge in [-0.1, -0.05) is 115 Å². The summed E-state index contributed by atoms with van der Waals surface area (Å²) < 4.78 is 13.7. The summed E-state index contributed by atoms with van der Waals surface area (Å²) in [4.78, 5) is 0. The first-order valence-electron chi connectivity index (χ1n) is 10.3. The van der Waals surface area contributed by atoms with Crippen LogP contribution in [0, 0.1) is 17.7 Å². The monoisotopic (exact) mass is 455 g/mol. The average molecular weight is 456 g/mol. The average Bonchev–Trinajstić information content (AvgIpc) is 2.85. The largest absolute Gasteiger partial charge is 0.262 e. The Morgan fingerprint density at radius 3 is 1.69 bits per heavy atom. The van der Waals surface area contributed by atoms with Gasteiger partial charge >= 0.3 is 0 Å². The van der Waals surface area contributed by atoms with Crippen molar-refractivity contribution >= 4 is 28.6 Å². The highest BCUT2D eigenvalue weighted by Crippen LogP contribution is 2.44. The first-order chi connectivity index (χ1) is 15.5. The molecule has 0 saturated heterocycles. The van der Waals surface area contributed by atoms with E-state index in [0.717, 1.165) is 21.7 Å². The van der Waals surface area contributed by atoms with Crippen molar-refractivity contribution in [3.05, 3.63) is 132 Å². The predicted octanol–water partition coefficient (Wildman–Crippen LogP) is 5.73. The van der Waals surface area contributed by atoms with Crippen molar-refractivity contribution in [2.45, 2.75) is 12.5 Å². The van der Waals surface area contributed by atoms with Crippen molar-refractivity contribution in [1.82, 2.24) is 5.09 Å². The highest BCUT2D eigenvalue weighted by atomic mass is 32.4. The lowest BCUT2D eigenvalue weighted by Gasteiger charge is -2.35. The van der Waals surface area contributed by atoms with Crippen LogP contribution in [0.2, 0.25) is 0 Å². The number of hydrogen-bond donors (Lipinski definition) is 1. The maximum Gasteiger partial charge on any atom is 0.123 e. The predicted molar refractivity (Wildman–Crippen MR) is 137 cm³/mol. The highest BCUT2D eigenvalue weighted by Gasteiger charge is 2.33. The summed E-state index contributed by atoms with van der Waals surface area (Å²) in [7, 11) is 0. The SMILES string of the molecule is C[C@@](C#Cc1ccccc1)(NP(=S)(c1ccccc1)c1ccccc1)c1ccc(F)cc1. The second kappa shape index (κ2) is 9.63. The number of nitrogens with one attached hydrogen (secondary N) is 1. The molecule has 4 aromatic rings. The van der Waals surface area contributed by atoms with Crippen molar-refractivity contribution in [3.8, 4) is 11.8 Å². The van der Waals surface area contributed by atoms with E-state index < -0.39 is 11.7 Å². The van der Waals surface area contributed by atoms with E-state index in [2.05, 4.69) is 41.2 Å². The summed E-state index contributed by atoms with van der Waals surface area (Å²) in [6, 6.07) is 36.6. The molecule has 0 fully saturated rings. The van der Waals surface area contributed by atoms with E-state index >= 15 is 0 Å². The first-order valence-corrected chi connectivity index (χ1v) is 13.1. The molecule has 1 nitrogen and oxygen atoms in total. The Kier molecular flexibility index (Phi) is 6.68. The Morgan fingerprint density at radius 1 is 0.719 bits per heavy atom. The summed E-state index contributed by atoms with van der Waals surface area (Å²) in [6.07, 6.45) is -2.46. The maximum atomic E-state index is 13.7. The molecule has 0 bridgehead atoms. The standard InChI is InChI=1S/C28H23FNPS/c1-28(24-17-19-25(29)20-18-24,22-21-23-11-5-2-6-12-23)30-31(32,26-13-7-3-8-14-26)27-15-9-4-10-16-27/h2-20H,1H3,(H,30,32)/t28-/m0/s1. The van der Waals surface area contributed by atoms with Crippen molar-refractivity contribution in [2.75, 3.05) is 0 Å². The summed E-state index contributed by atoms with van der Waals surface area (Å²) >= 11 is 6.40. The van der Waals surface area contributed by atoms with Gasteiger partial charge in [0.1, 0.15) is 11.4 Å². The molecular weight excluding hydrogens is 432 g/mol. The molecule has 1 N–H and O–H groups in total. The molecule has 0 spiro atoms. The molecule has 4 heteroatoms. The molecule has 0 heterocycles. The van der Waals surface area contributed by atoms with E-state index in [1.54, 1.807) is 12.1 Å². The third kappa shape index (κ3) is 4.90. The summed E-state index contributed by atoms with van der Waals surface area (Å²) in [5, 5.41) is 5.88. The van der Waals surface area contributed by atoms with Crippen LogP contribution in [0.4, 0.5) is 4.39 Å². The molecular formula is C28H23FNPS. The van der Waals surface area contributed by atoms with Crippen molar-refractivity contribution in [2.24, 2.45) is 0 Å². The Morgan fingerprint density at radius 2 is 1.19 bits per heavy atom. The van der Waals surface area contributed by atoms with Crippen molar-refractivity contribution in [3.63, 3.8) is 0 Å². The molecule has 0 amide bonds. The smallest absolute Gasteiger partial charge is 0.123 e. The maximum absolute atomic E-state index is 13.7. The van der Waals surface area contributed by atoms with E-state index in [4.69, 9.17) is 11.8 Å². The van der Waals surface area contributed by atoms with Crippen molar-refractivity contribution < 1.29 is 4.39 Å². The minimum Gasteiger partial charge on any atom is -0.262 e. The van der Waals surface area contributed by atoms with Crippen LogP contribution in [0.15, 0.2) is 115 Å². The van der Waals surface area contributed by atoms with Crippen LogP contribution >= 0.6 is 6.19 Å². The minimum atomic E-state index is -2.46. The molecule has 1 atom stereocenters. The molecule has 0 aromatic heterocycles. The van der Waals surface area contributed by atoms with Gasteiger partial charge < -0.3 is 0 Å². The Balaban J connectivity index is 1.87. The number of hydrogen-bond acceptors (Lipinski definition) is 1. The van der Waals surface area contributed by atoms with Crippen LogP contribution < -0.4 is 15.7 Å². The Bertz CT molecular complexity index is 1240. The van der Waals surface area contributed by atoms with Gasteiger partial charge in [0.15, 0.2) is 0 Å². The zero-order chi connectivity index (χ0) is 22.4. The second-order valence-electron chi connectivity index (χ2n) is 7.64. The summed E-state index contributed by atoms with van der Waals surface area (Å²) in [5.74, 6) is 6.43. The lowest BCUT2D eigenvalue weighted by atomic mass is 9.93. The molecule has 158 valence electrons. The van der Waals surface area contributed by atoms with Gasteiger partial charge in [0, 0.05) is 16.2 Å². The van der Waals surface area contributed by atoms with Gasteiger partial charge in [-0.15, -0.1) is 0 Å². The molecule has 32 heavy (non-hydrogen) atoms. The normalized spacial score (nSPS) is 12.9. The summed E-state index contributed by atoms with van der Waals surface area (Å²) in [6.45, 7) is 2.02. The van der Waals surface area contributed by atoms with Crippen molar-refractivity contribution in [1.29, 1.82) is 0 Å². The highest BCUT2D eigenvalue weighted by molar-refractivity contribution is 8.20. The van der Waals surface area contributed by atoms with Gasteiger partial charge in [0.05, 0.1) is 6.19 Å². The lowest BCUT2D eigenvalue weighted by Crippen LogP contribution is -2.41. The zero-order valence-electron chi connectivity index (χ0n) is 17.7. The molecule has 0 aliphatic heterocycles. The fourth-order valence-corrected chi connectivity index (χ4v) is 7.37. The van der Waals surface area contributed by atoms with Crippen LogP contribution in [-0.2, 0) is 17.3 Å². The van der Waals surface area contributed by atoms with Gasteiger partial charge in [-0.05, 0) is 36.8 Å². The topological polar surface area (TPSA) is 12.0 Å². The third-order valence-corrected chi connectivity index (χ3v) is 9.62. The molecule has 0 saturated carbocycles. The van der Waals surface area contributed by atoms with E-state index in [1.807, 2.05) is 73.7 Å². The lowest BCUT2D eigenvalue weighted by molar-refractivity contribution is 0.590.